The molecule has 0 bridgehead atoms. The normalized spacial score (nSPS) is 16.5. The number of aryl methyl sites for hydroxylation is 1. The Hall–Kier alpha value is -3.27. The van der Waals surface area contributed by atoms with E-state index in [-0.39, 0.29) is 34.7 Å². The molecule has 1 amide bonds. The number of nitrogens with two attached hydrogens (primary N) is 1. The van der Waals surface area contributed by atoms with Crippen molar-refractivity contribution in [2.24, 2.45) is 0 Å². The van der Waals surface area contributed by atoms with Crippen molar-refractivity contribution < 1.29 is 9.72 Å². The molecule has 1 aliphatic rings. The van der Waals surface area contributed by atoms with Gasteiger partial charge in [0.1, 0.15) is 5.56 Å². The number of aromatic amines is 1. The molecule has 1 aliphatic heterocycles. The average molecular weight is 386 g/mol. The topological polar surface area (TPSA) is 138 Å². The fourth-order valence-electron chi connectivity index (χ4n) is 3.52. The van der Waals surface area contributed by atoms with Gasteiger partial charge in [-0.15, -0.1) is 0 Å². The number of carbonyl (C=O) groups is 1. The van der Waals surface area contributed by atoms with Crippen molar-refractivity contribution in [3.05, 3.63) is 61.6 Å². The summed E-state index contributed by atoms with van der Waals surface area (Å²) >= 11 is 0. The number of H-pyrrole nitrogens is 1. The van der Waals surface area contributed by atoms with Crippen molar-refractivity contribution in [3.63, 3.8) is 0 Å². The number of nitrogens with one attached hydrogen (secondary N) is 1. The number of para-hydroxylation sites is 1. The third-order valence-electron chi connectivity index (χ3n) is 4.95. The summed E-state index contributed by atoms with van der Waals surface area (Å²) in [6, 6.07) is 6.21. The van der Waals surface area contributed by atoms with Crippen molar-refractivity contribution in [3.8, 4) is 0 Å². The maximum absolute atomic E-state index is 12.9. The van der Waals surface area contributed by atoms with Crippen molar-refractivity contribution in [1.82, 2.24) is 19.8 Å². The lowest BCUT2D eigenvalue weighted by atomic mass is 10.1. The Morgan fingerprint density at radius 2 is 2.25 bits per heavy atom. The number of benzene rings is 1. The van der Waals surface area contributed by atoms with E-state index in [0.717, 1.165) is 6.42 Å². The lowest BCUT2D eigenvalue weighted by Crippen LogP contribution is -2.36. The minimum atomic E-state index is -0.509. The zero-order valence-electron chi connectivity index (χ0n) is 15.7. The molecule has 2 heterocycles. The molecule has 0 radical (unpaired) electrons. The van der Waals surface area contributed by atoms with Gasteiger partial charge in [0.05, 0.1) is 10.6 Å². The average Bonchev–Trinajstić information content (AvgIpc) is 3.09. The number of aromatic nitrogens is 2. The molecule has 1 aromatic heterocycles. The number of nitro groups is 1. The van der Waals surface area contributed by atoms with E-state index in [1.54, 1.807) is 24.0 Å². The number of rotatable bonds is 5. The first-order valence-corrected chi connectivity index (χ1v) is 8.85. The van der Waals surface area contributed by atoms with Crippen LogP contribution in [0.3, 0.4) is 0 Å². The van der Waals surface area contributed by atoms with E-state index in [4.69, 9.17) is 5.73 Å². The van der Waals surface area contributed by atoms with Gasteiger partial charge in [0.25, 0.3) is 17.2 Å². The van der Waals surface area contributed by atoms with Gasteiger partial charge in [0, 0.05) is 37.3 Å². The standard InChI is InChI=1S/C18H22N6O4/c1-11-4-3-5-14(16(11)24(27)28)17(26)23-7-6-13(10-23)22(2)9-12-8-15(25)21-18(19)20-12/h3-5,8,13H,6-7,9-10H2,1-2H3,(H3,19,20,21,25). The molecule has 1 saturated heterocycles. The second-order valence-electron chi connectivity index (χ2n) is 6.96. The number of nitrogen functional groups attached to an aromatic ring is 1. The van der Waals surface area contributed by atoms with Gasteiger partial charge < -0.3 is 10.6 Å². The molecule has 28 heavy (non-hydrogen) atoms. The highest BCUT2D eigenvalue weighted by Crippen LogP contribution is 2.26. The van der Waals surface area contributed by atoms with E-state index < -0.39 is 4.92 Å². The number of amides is 1. The van der Waals surface area contributed by atoms with E-state index >= 15 is 0 Å². The molecule has 148 valence electrons. The number of nitro benzene ring substituents is 1. The third kappa shape index (κ3) is 4.01. The summed E-state index contributed by atoms with van der Waals surface area (Å²) in [5.74, 6) is -0.282. The van der Waals surface area contributed by atoms with Gasteiger partial charge in [-0.25, -0.2) is 4.98 Å². The first kappa shape index (κ1) is 19.5. The number of anilines is 1. The predicted octanol–water partition coefficient (Wildman–Crippen LogP) is 0.915. The first-order valence-electron chi connectivity index (χ1n) is 8.85. The van der Waals surface area contributed by atoms with Gasteiger partial charge in [0.2, 0.25) is 5.95 Å². The zero-order chi connectivity index (χ0) is 20.4. The molecule has 0 saturated carbocycles. The highest BCUT2D eigenvalue weighted by molar-refractivity contribution is 5.98. The molecule has 2 aromatic rings. The van der Waals surface area contributed by atoms with Gasteiger partial charge in [-0.05, 0) is 26.5 Å². The summed E-state index contributed by atoms with van der Waals surface area (Å²) in [6.07, 6.45) is 0.723. The van der Waals surface area contributed by atoms with E-state index in [1.165, 1.54) is 12.1 Å². The fourth-order valence-corrected chi connectivity index (χ4v) is 3.52. The van der Waals surface area contributed by atoms with Gasteiger partial charge in [-0.3, -0.25) is 29.6 Å². The minimum Gasteiger partial charge on any atom is -0.369 e. The van der Waals surface area contributed by atoms with Crippen molar-refractivity contribution in [2.45, 2.75) is 25.9 Å². The molecule has 0 aliphatic carbocycles. The summed E-state index contributed by atoms with van der Waals surface area (Å²) in [7, 11) is 1.88. The van der Waals surface area contributed by atoms with Crippen LogP contribution in [0, 0.1) is 17.0 Å². The van der Waals surface area contributed by atoms with Crippen LogP contribution in [-0.2, 0) is 6.54 Å². The molecule has 3 N–H and O–H groups in total. The lowest BCUT2D eigenvalue weighted by molar-refractivity contribution is -0.385. The van der Waals surface area contributed by atoms with E-state index in [9.17, 15) is 19.7 Å². The Bertz CT molecular complexity index is 973. The summed E-state index contributed by atoms with van der Waals surface area (Å²) in [5.41, 5.74) is 6.23. The van der Waals surface area contributed by atoms with Gasteiger partial charge in [-0.2, -0.15) is 0 Å². The van der Waals surface area contributed by atoms with Crippen LogP contribution < -0.4 is 11.3 Å². The Kier molecular flexibility index (Phi) is 5.41. The van der Waals surface area contributed by atoms with Crippen LogP contribution in [0.1, 0.15) is 28.0 Å². The smallest absolute Gasteiger partial charge is 0.285 e. The minimum absolute atomic E-state index is 0.0510. The van der Waals surface area contributed by atoms with Crippen LogP contribution in [0.5, 0.6) is 0 Å². The molecule has 1 atom stereocenters. The first-order chi connectivity index (χ1) is 13.3. The molecule has 1 aromatic carbocycles. The molecule has 10 heteroatoms. The second kappa shape index (κ2) is 7.77. The second-order valence-corrected chi connectivity index (χ2v) is 6.96. The van der Waals surface area contributed by atoms with Crippen LogP contribution in [0.4, 0.5) is 11.6 Å². The molecule has 0 spiro atoms. The predicted molar refractivity (Wildman–Crippen MR) is 103 cm³/mol. The van der Waals surface area contributed by atoms with E-state index in [0.29, 0.717) is 30.9 Å². The Balaban J connectivity index is 1.71. The van der Waals surface area contributed by atoms with E-state index in [2.05, 4.69) is 9.97 Å². The maximum atomic E-state index is 12.9. The largest absolute Gasteiger partial charge is 0.369 e. The summed E-state index contributed by atoms with van der Waals surface area (Å²) in [5, 5.41) is 11.4. The van der Waals surface area contributed by atoms with E-state index in [1.807, 2.05) is 11.9 Å². The molecule has 1 fully saturated rings. The van der Waals surface area contributed by atoms with Gasteiger partial charge >= 0.3 is 0 Å². The van der Waals surface area contributed by atoms with Crippen LogP contribution >= 0.6 is 0 Å². The fraction of sp³-hybridized carbons (Fsp3) is 0.389. The Morgan fingerprint density at radius 1 is 1.50 bits per heavy atom. The van der Waals surface area contributed by atoms with Crippen molar-refractivity contribution in [1.29, 1.82) is 0 Å². The number of nitrogens with zero attached hydrogens (tertiary/aromatic N) is 4. The van der Waals surface area contributed by atoms with Crippen LogP contribution in [0.2, 0.25) is 0 Å². The highest BCUT2D eigenvalue weighted by Gasteiger charge is 2.33. The number of hydrogen-bond acceptors (Lipinski definition) is 7. The number of likely N-dealkylation sites (N-methyl/N-ethyl adjacent to an activating group) is 1. The molecule has 3 rings (SSSR count). The van der Waals surface area contributed by atoms with Gasteiger partial charge in [-0.1, -0.05) is 12.1 Å². The molecule has 1 unspecified atom stereocenters. The van der Waals surface area contributed by atoms with Crippen LogP contribution in [-0.4, -0.2) is 56.8 Å². The Labute approximate surface area is 161 Å². The maximum Gasteiger partial charge on any atom is 0.285 e. The number of hydrogen-bond donors (Lipinski definition) is 2. The SMILES string of the molecule is Cc1cccc(C(=O)N2CCC(N(C)Cc3cc(=O)[nH]c(N)n3)C2)c1[N+](=O)[O-]. The summed E-state index contributed by atoms with van der Waals surface area (Å²) in [4.78, 5) is 45.4. The van der Waals surface area contributed by atoms with Gasteiger partial charge in [0.15, 0.2) is 0 Å². The van der Waals surface area contributed by atoms with Crippen molar-refractivity contribution >= 4 is 17.5 Å². The molecular formula is C18H22N6O4. The van der Waals surface area contributed by atoms with Crippen molar-refractivity contribution in [2.75, 3.05) is 25.9 Å². The summed E-state index contributed by atoms with van der Waals surface area (Å²) in [6.45, 7) is 2.98. The zero-order valence-corrected chi connectivity index (χ0v) is 15.7. The quantitative estimate of drug-likeness (QED) is 0.575. The summed E-state index contributed by atoms with van der Waals surface area (Å²) < 4.78 is 0. The molecule has 10 nitrogen and oxygen atoms in total. The van der Waals surface area contributed by atoms with Crippen LogP contribution in [0.15, 0.2) is 29.1 Å². The number of carbonyl (C=O) groups excluding carboxylic acids is 1. The van der Waals surface area contributed by atoms with Crippen LogP contribution in [0.25, 0.3) is 0 Å². The number of likely N-dealkylation sites (tertiary alicyclic amines) is 1. The third-order valence-corrected chi connectivity index (χ3v) is 4.95. The Morgan fingerprint density at radius 3 is 2.93 bits per heavy atom. The monoisotopic (exact) mass is 386 g/mol. The molecular weight excluding hydrogens is 364 g/mol. The lowest BCUT2D eigenvalue weighted by Gasteiger charge is -2.24. The highest BCUT2D eigenvalue weighted by atomic mass is 16.6.